The largest absolute Gasteiger partial charge is 0.496 e. The van der Waals surface area contributed by atoms with Crippen LogP contribution in [0.25, 0.3) is 0 Å². The Hall–Kier alpha value is -4.58. The molecular formula is C32H30N2O4. The van der Waals surface area contributed by atoms with Gasteiger partial charge in [0.05, 0.1) is 18.7 Å². The van der Waals surface area contributed by atoms with Gasteiger partial charge in [0.1, 0.15) is 11.5 Å². The van der Waals surface area contributed by atoms with Crippen molar-refractivity contribution in [2.45, 2.75) is 25.4 Å². The fraction of sp³-hybridized carbons (Fsp3) is 0.188. The van der Waals surface area contributed by atoms with Gasteiger partial charge in [0.25, 0.3) is 11.8 Å². The van der Waals surface area contributed by atoms with E-state index in [-0.39, 0.29) is 30.5 Å². The molecule has 0 saturated carbocycles. The van der Waals surface area contributed by atoms with Gasteiger partial charge in [-0.1, -0.05) is 66.7 Å². The number of hydrogen-bond acceptors (Lipinski definition) is 4. The summed E-state index contributed by atoms with van der Waals surface area (Å²) in [4.78, 5) is 31.2. The maximum absolute atomic E-state index is 13.8. The third kappa shape index (κ3) is 4.98. The number of benzene rings is 4. The Morgan fingerprint density at radius 2 is 1.47 bits per heavy atom. The second-order valence-corrected chi connectivity index (χ2v) is 9.24. The first kappa shape index (κ1) is 25.1. The minimum atomic E-state index is -0.280. The van der Waals surface area contributed by atoms with E-state index in [0.29, 0.717) is 23.5 Å². The first-order valence-corrected chi connectivity index (χ1v) is 12.7. The molecule has 4 aromatic carbocycles. The molecule has 0 spiro atoms. The van der Waals surface area contributed by atoms with Crippen LogP contribution in [0.1, 0.15) is 35.3 Å². The molecule has 1 aliphatic heterocycles. The van der Waals surface area contributed by atoms with Gasteiger partial charge in [-0.05, 0) is 61.4 Å². The van der Waals surface area contributed by atoms with E-state index >= 15 is 0 Å². The van der Waals surface area contributed by atoms with Gasteiger partial charge in [0.15, 0.2) is 6.61 Å². The number of para-hydroxylation sites is 4. The van der Waals surface area contributed by atoms with E-state index in [0.717, 1.165) is 16.9 Å². The van der Waals surface area contributed by atoms with Crippen LogP contribution in [0.3, 0.4) is 0 Å². The number of amides is 2. The molecule has 0 bridgehead atoms. The van der Waals surface area contributed by atoms with E-state index < -0.39 is 0 Å². The highest BCUT2D eigenvalue weighted by Crippen LogP contribution is 2.43. The minimum Gasteiger partial charge on any atom is -0.496 e. The topological polar surface area (TPSA) is 59.1 Å². The van der Waals surface area contributed by atoms with Crippen LogP contribution < -0.4 is 19.3 Å². The SMILES string of the molecule is COc1ccccc1C(=O)N1c2ccccc2[C@H](N(C(=O)COc2ccccc2)c2ccccc2)C[C@H]1C. The van der Waals surface area contributed by atoms with Crippen LogP contribution in [-0.2, 0) is 4.79 Å². The van der Waals surface area contributed by atoms with E-state index in [9.17, 15) is 9.59 Å². The van der Waals surface area contributed by atoms with Crippen LogP contribution >= 0.6 is 0 Å². The summed E-state index contributed by atoms with van der Waals surface area (Å²) < 4.78 is 11.3. The van der Waals surface area contributed by atoms with E-state index in [2.05, 4.69) is 0 Å². The molecule has 1 heterocycles. The summed E-state index contributed by atoms with van der Waals surface area (Å²) in [5.74, 6) is 0.880. The van der Waals surface area contributed by atoms with Gasteiger partial charge in [-0.3, -0.25) is 9.59 Å². The average molecular weight is 507 g/mol. The summed E-state index contributed by atoms with van der Waals surface area (Å²) in [6, 6.07) is 33.6. The molecule has 6 heteroatoms. The van der Waals surface area contributed by atoms with Crippen LogP contribution in [0, 0.1) is 0 Å². The number of fused-ring (bicyclic) bond motifs is 1. The highest BCUT2D eigenvalue weighted by atomic mass is 16.5. The Morgan fingerprint density at radius 1 is 0.842 bits per heavy atom. The maximum atomic E-state index is 13.8. The highest BCUT2D eigenvalue weighted by molar-refractivity contribution is 6.09. The van der Waals surface area contributed by atoms with E-state index in [1.165, 1.54) is 0 Å². The molecule has 0 fully saturated rings. The summed E-state index contributed by atoms with van der Waals surface area (Å²) in [7, 11) is 1.57. The predicted molar refractivity (Wildman–Crippen MR) is 149 cm³/mol. The number of rotatable bonds is 7. The lowest BCUT2D eigenvalue weighted by Gasteiger charge is -2.43. The fourth-order valence-corrected chi connectivity index (χ4v) is 5.10. The number of nitrogens with zero attached hydrogens (tertiary/aromatic N) is 2. The van der Waals surface area contributed by atoms with Gasteiger partial charge in [-0.2, -0.15) is 0 Å². The van der Waals surface area contributed by atoms with Crippen molar-refractivity contribution in [1.82, 2.24) is 0 Å². The number of ether oxygens (including phenoxy) is 2. The fourth-order valence-electron chi connectivity index (χ4n) is 5.10. The average Bonchev–Trinajstić information content (AvgIpc) is 2.97. The molecule has 2 amide bonds. The Kier molecular flexibility index (Phi) is 7.40. The molecule has 4 aromatic rings. The van der Waals surface area contributed by atoms with E-state index in [1.54, 1.807) is 19.2 Å². The predicted octanol–water partition coefficient (Wildman–Crippen LogP) is 6.29. The van der Waals surface area contributed by atoms with Gasteiger partial charge >= 0.3 is 0 Å². The van der Waals surface area contributed by atoms with Gasteiger partial charge in [0, 0.05) is 17.4 Å². The third-order valence-corrected chi connectivity index (χ3v) is 6.84. The molecule has 0 unspecified atom stereocenters. The number of carbonyl (C=O) groups is 2. The summed E-state index contributed by atoms with van der Waals surface area (Å²) in [6.45, 7) is 1.92. The Morgan fingerprint density at radius 3 is 2.21 bits per heavy atom. The number of hydrogen-bond donors (Lipinski definition) is 0. The summed E-state index contributed by atoms with van der Waals surface area (Å²) in [5.41, 5.74) is 2.98. The molecule has 38 heavy (non-hydrogen) atoms. The Labute approximate surface area is 223 Å². The second-order valence-electron chi connectivity index (χ2n) is 9.24. The zero-order chi connectivity index (χ0) is 26.5. The summed E-state index contributed by atoms with van der Waals surface area (Å²) in [6.07, 6.45) is 0.559. The Bertz CT molecular complexity index is 1410. The quantitative estimate of drug-likeness (QED) is 0.296. The van der Waals surface area contributed by atoms with Gasteiger partial charge in [0.2, 0.25) is 0 Å². The second kappa shape index (κ2) is 11.2. The maximum Gasteiger partial charge on any atom is 0.265 e. The standard InChI is InChI=1S/C32H30N2O4/c1-23-21-29(34(24-13-5-3-6-14-24)31(35)22-38-25-15-7-4-8-16-25)26-17-9-11-19-28(26)33(23)32(36)27-18-10-12-20-30(27)37-2/h3-20,23,29H,21-22H2,1-2H3/t23-,29-/m1/s1. The monoisotopic (exact) mass is 506 g/mol. The Balaban J connectivity index is 1.52. The van der Waals surface area contributed by atoms with Crippen molar-refractivity contribution in [3.05, 3.63) is 120 Å². The van der Waals surface area contributed by atoms with E-state index in [1.807, 2.05) is 114 Å². The normalized spacial score (nSPS) is 16.3. The summed E-state index contributed by atoms with van der Waals surface area (Å²) >= 11 is 0. The van der Waals surface area contributed by atoms with Crippen molar-refractivity contribution in [3.63, 3.8) is 0 Å². The van der Waals surface area contributed by atoms with Crippen molar-refractivity contribution in [1.29, 1.82) is 0 Å². The molecule has 0 saturated heterocycles. The molecular weight excluding hydrogens is 476 g/mol. The van der Waals surface area contributed by atoms with Crippen molar-refractivity contribution >= 4 is 23.2 Å². The molecule has 2 atom stereocenters. The number of anilines is 2. The van der Waals surface area contributed by atoms with Crippen molar-refractivity contribution in [2.24, 2.45) is 0 Å². The molecule has 0 aliphatic carbocycles. The van der Waals surface area contributed by atoms with Crippen molar-refractivity contribution in [2.75, 3.05) is 23.5 Å². The number of carbonyl (C=O) groups excluding carboxylic acids is 2. The third-order valence-electron chi connectivity index (χ3n) is 6.84. The molecule has 6 nitrogen and oxygen atoms in total. The molecule has 5 rings (SSSR count). The molecule has 0 N–H and O–H groups in total. The number of methoxy groups -OCH3 is 1. The minimum absolute atomic E-state index is 0.101. The van der Waals surface area contributed by atoms with Crippen LogP contribution in [0.5, 0.6) is 11.5 Å². The van der Waals surface area contributed by atoms with Crippen molar-refractivity contribution < 1.29 is 19.1 Å². The summed E-state index contributed by atoms with van der Waals surface area (Å²) in [5, 5.41) is 0. The first-order chi connectivity index (χ1) is 18.6. The smallest absolute Gasteiger partial charge is 0.265 e. The van der Waals surface area contributed by atoms with Crippen molar-refractivity contribution in [3.8, 4) is 11.5 Å². The first-order valence-electron chi connectivity index (χ1n) is 12.7. The van der Waals surface area contributed by atoms with Crippen LogP contribution in [0.4, 0.5) is 11.4 Å². The zero-order valence-electron chi connectivity index (χ0n) is 21.5. The van der Waals surface area contributed by atoms with E-state index in [4.69, 9.17) is 9.47 Å². The van der Waals surface area contributed by atoms with Crippen LogP contribution in [-0.4, -0.2) is 31.6 Å². The lowest BCUT2D eigenvalue weighted by Crippen LogP contribution is -2.48. The molecule has 0 aromatic heterocycles. The molecule has 192 valence electrons. The van der Waals surface area contributed by atoms with Gasteiger partial charge in [-0.15, -0.1) is 0 Å². The van der Waals surface area contributed by atoms with Gasteiger partial charge < -0.3 is 19.3 Å². The van der Waals surface area contributed by atoms with Crippen LogP contribution in [0.15, 0.2) is 109 Å². The lowest BCUT2D eigenvalue weighted by molar-refractivity contribution is -0.121. The highest BCUT2D eigenvalue weighted by Gasteiger charge is 2.39. The lowest BCUT2D eigenvalue weighted by atomic mass is 9.89. The zero-order valence-corrected chi connectivity index (χ0v) is 21.5. The van der Waals surface area contributed by atoms with Gasteiger partial charge in [-0.25, -0.2) is 0 Å². The van der Waals surface area contributed by atoms with Crippen LogP contribution in [0.2, 0.25) is 0 Å². The molecule has 1 aliphatic rings. The molecule has 0 radical (unpaired) electrons.